The van der Waals surface area contributed by atoms with E-state index < -0.39 is 10.8 Å². The average Bonchev–Trinajstić information content (AvgIpc) is 2.60. The number of H-pyrrole nitrogens is 1. The van der Waals surface area contributed by atoms with Crippen LogP contribution in [-0.4, -0.2) is 20.8 Å². The minimum absolute atomic E-state index is 0.0208. The zero-order valence-electron chi connectivity index (χ0n) is 14.6. The molecule has 8 heteroatoms. The zero-order chi connectivity index (χ0) is 19.6. The van der Waals surface area contributed by atoms with Crippen LogP contribution >= 0.6 is 0 Å². The van der Waals surface area contributed by atoms with E-state index in [4.69, 9.17) is 0 Å². The smallest absolute Gasteiger partial charge is 0.285 e. The van der Waals surface area contributed by atoms with Crippen molar-refractivity contribution in [3.8, 4) is 11.4 Å². The van der Waals surface area contributed by atoms with Gasteiger partial charge in [0.1, 0.15) is 11.4 Å². The molecular weight excluding hydrogens is 348 g/mol. The standard InChI is InChI=1S/C19H16N4O4/c1-11-5-3-8-15(17(11)23(26)27)19(25)21-14-7-4-6-13(10-14)18-20-12(2)9-16(24)22-18/h3-10H,1-2H3,(H,21,25)(H,20,22,24). The van der Waals surface area contributed by atoms with Crippen LogP contribution < -0.4 is 10.9 Å². The van der Waals surface area contributed by atoms with Gasteiger partial charge < -0.3 is 10.3 Å². The van der Waals surface area contributed by atoms with Gasteiger partial charge in [-0.2, -0.15) is 0 Å². The average molecular weight is 364 g/mol. The van der Waals surface area contributed by atoms with E-state index in [1.54, 1.807) is 50.2 Å². The van der Waals surface area contributed by atoms with Crippen molar-refractivity contribution in [3.63, 3.8) is 0 Å². The number of carbonyl (C=O) groups is 1. The Kier molecular flexibility index (Phi) is 4.80. The molecule has 0 bridgehead atoms. The molecule has 27 heavy (non-hydrogen) atoms. The molecule has 0 fully saturated rings. The first-order valence-electron chi connectivity index (χ1n) is 8.09. The van der Waals surface area contributed by atoms with Crippen LogP contribution in [0.4, 0.5) is 11.4 Å². The first-order chi connectivity index (χ1) is 12.8. The van der Waals surface area contributed by atoms with Crippen molar-refractivity contribution in [3.05, 3.63) is 85.8 Å². The Morgan fingerprint density at radius 3 is 2.59 bits per heavy atom. The van der Waals surface area contributed by atoms with Crippen LogP contribution in [0.1, 0.15) is 21.6 Å². The van der Waals surface area contributed by atoms with E-state index in [1.165, 1.54) is 12.1 Å². The lowest BCUT2D eigenvalue weighted by atomic mass is 10.1. The summed E-state index contributed by atoms with van der Waals surface area (Å²) in [4.78, 5) is 41.8. The molecule has 2 N–H and O–H groups in total. The van der Waals surface area contributed by atoms with E-state index in [0.29, 0.717) is 28.3 Å². The predicted molar refractivity (Wildman–Crippen MR) is 101 cm³/mol. The number of nitro groups is 1. The Balaban J connectivity index is 1.94. The highest BCUT2D eigenvalue weighted by Gasteiger charge is 2.22. The molecule has 1 heterocycles. The summed E-state index contributed by atoms with van der Waals surface area (Å²) in [7, 11) is 0. The molecule has 1 amide bonds. The summed E-state index contributed by atoms with van der Waals surface area (Å²) in [5, 5.41) is 13.9. The van der Waals surface area contributed by atoms with Gasteiger partial charge in [0.05, 0.1) is 4.92 Å². The van der Waals surface area contributed by atoms with Gasteiger partial charge in [0.2, 0.25) is 0 Å². The number of amides is 1. The molecular formula is C19H16N4O4. The second-order valence-electron chi connectivity index (χ2n) is 6.00. The van der Waals surface area contributed by atoms with Crippen LogP contribution in [0.15, 0.2) is 53.3 Å². The van der Waals surface area contributed by atoms with Crippen molar-refractivity contribution in [1.82, 2.24) is 9.97 Å². The number of aromatic amines is 1. The molecule has 0 spiro atoms. The lowest BCUT2D eigenvalue weighted by Crippen LogP contribution is -2.14. The van der Waals surface area contributed by atoms with Crippen LogP contribution in [0, 0.1) is 24.0 Å². The van der Waals surface area contributed by atoms with E-state index in [2.05, 4.69) is 15.3 Å². The van der Waals surface area contributed by atoms with Crippen LogP contribution in [0.3, 0.4) is 0 Å². The maximum Gasteiger partial charge on any atom is 0.285 e. The number of nitrogens with one attached hydrogen (secondary N) is 2. The third kappa shape index (κ3) is 3.90. The maximum atomic E-state index is 12.6. The fourth-order valence-corrected chi connectivity index (χ4v) is 2.74. The van der Waals surface area contributed by atoms with E-state index in [1.807, 2.05) is 0 Å². The number of aromatic nitrogens is 2. The summed E-state index contributed by atoms with van der Waals surface area (Å²) >= 11 is 0. The Morgan fingerprint density at radius 1 is 1.15 bits per heavy atom. The number of aryl methyl sites for hydroxylation is 2. The van der Waals surface area contributed by atoms with Crippen molar-refractivity contribution < 1.29 is 9.72 Å². The van der Waals surface area contributed by atoms with Crippen LogP contribution in [0.2, 0.25) is 0 Å². The van der Waals surface area contributed by atoms with Gasteiger partial charge in [0.15, 0.2) is 0 Å². The topological polar surface area (TPSA) is 118 Å². The molecule has 136 valence electrons. The van der Waals surface area contributed by atoms with Gasteiger partial charge in [-0.15, -0.1) is 0 Å². The van der Waals surface area contributed by atoms with Gasteiger partial charge in [0, 0.05) is 28.6 Å². The molecule has 0 saturated heterocycles. The molecule has 2 aromatic carbocycles. The predicted octanol–water partition coefficient (Wildman–Crippen LogP) is 3.21. The molecule has 0 atom stereocenters. The van der Waals surface area contributed by atoms with Crippen molar-refractivity contribution in [2.45, 2.75) is 13.8 Å². The van der Waals surface area contributed by atoms with Crippen LogP contribution in [0.5, 0.6) is 0 Å². The summed E-state index contributed by atoms with van der Waals surface area (Å²) in [6, 6.07) is 12.7. The lowest BCUT2D eigenvalue weighted by molar-refractivity contribution is -0.385. The number of nitro benzene ring substituents is 1. The Hall–Kier alpha value is -3.81. The summed E-state index contributed by atoms with van der Waals surface area (Å²) in [6.45, 7) is 3.29. The van der Waals surface area contributed by atoms with E-state index in [-0.39, 0.29) is 16.8 Å². The van der Waals surface area contributed by atoms with Crippen molar-refractivity contribution >= 4 is 17.3 Å². The number of anilines is 1. The maximum absolute atomic E-state index is 12.6. The quantitative estimate of drug-likeness (QED) is 0.544. The van der Waals surface area contributed by atoms with Crippen molar-refractivity contribution in [2.75, 3.05) is 5.32 Å². The van der Waals surface area contributed by atoms with Gasteiger partial charge >= 0.3 is 0 Å². The molecule has 0 saturated carbocycles. The summed E-state index contributed by atoms with van der Waals surface area (Å²) in [5.74, 6) is -0.217. The lowest BCUT2D eigenvalue weighted by Gasteiger charge is -2.09. The number of benzene rings is 2. The van der Waals surface area contributed by atoms with E-state index in [9.17, 15) is 19.7 Å². The van der Waals surface area contributed by atoms with Gasteiger partial charge in [0.25, 0.3) is 17.2 Å². The number of nitrogens with zero attached hydrogens (tertiary/aromatic N) is 2. The summed E-state index contributed by atoms with van der Waals surface area (Å²) < 4.78 is 0. The molecule has 0 unspecified atom stereocenters. The minimum Gasteiger partial charge on any atom is -0.322 e. The highest BCUT2D eigenvalue weighted by molar-refractivity contribution is 6.07. The van der Waals surface area contributed by atoms with Gasteiger partial charge in [-0.05, 0) is 32.0 Å². The highest BCUT2D eigenvalue weighted by Crippen LogP contribution is 2.25. The number of hydrogen-bond acceptors (Lipinski definition) is 5. The summed E-state index contributed by atoms with van der Waals surface area (Å²) in [6.07, 6.45) is 0. The van der Waals surface area contributed by atoms with Gasteiger partial charge in [-0.3, -0.25) is 19.7 Å². The molecule has 0 aliphatic rings. The summed E-state index contributed by atoms with van der Waals surface area (Å²) in [5.41, 5.74) is 1.48. The molecule has 8 nitrogen and oxygen atoms in total. The Bertz CT molecular complexity index is 1100. The van der Waals surface area contributed by atoms with Crippen LogP contribution in [0.25, 0.3) is 11.4 Å². The first-order valence-corrected chi connectivity index (χ1v) is 8.09. The molecule has 0 aliphatic heterocycles. The Morgan fingerprint density at radius 2 is 1.89 bits per heavy atom. The zero-order valence-corrected chi connectivity index (χ0v) is 14.6. The number of rotatable bonds is 4. The normalized spacial score (nSPS) is 10.4. The van der Waals surface area contributed by atoms with E-state index in [0.717, 1.165) is 0 Å². The minimum atomic E-state index is -0.590. The fourth-order valence-electron chi connectivity index (χ4n) is 2.74. The second kappa shape index (κ2) is 7.20. The Labute approximate surface area is 154 Å². The first kappa shape index (κ1) is 18.0. The molecule has 1 aromatic heterocycles. The molecule has 3 rings (SSSR count). The molecule has 0 radical (unpaired) electrons. The van der Waals surface area contributed by atoms with Crippen LogP contribution in [-0.2, 0) is 0 Å². The number of para-hydroxylation sites is 1. The van der Waals surface area contributed by atoms with Gasteiger partial charge in [-0.25, -0.2) is 4.98 Å². The third-order valence-corrected chi connectivity index (χ3v) is 3.93. The number of carbonyl (C=O) groups excluding carboxylic acids is 1. The van der Waals surface area contributed by atoms with Crippen molar-refractivity contribution in [1.29, 1.82) is 0 Å². The fraction of sp³-hybridized carbons (Fsp3) is 0.105. The molecule has 0 aliphatic carbocycles. The number of hydrogen-bond donors (Lipinski definition) is 2. The largest absolute Gasteiger partial charge is 0.322 e. The van der Waals surface area contributed by atoms with Gasteiger partial charge in [-0.1, -0.05) is 24.3 Å². The second-order valence-corrected chi connectivity index (χ2v) is 6.00. The molecule has 3 aromatic rings. The SMILES string of the molecule is Cc1cc(=O)[nH]c(-c2cccc(NC(=O)c3cccc(C)c3[N+](=O)[O-])c2)n1. The monoisotopic (exact) mass is 364 g/mol. The van der Waals surface area contributed by atoms with E-state index >= 15 is 0 Å². The third-order valence-electron chi connectivity index (χ3n) is 3.93. The van der Waals surface area contributed by atoms with Crippen molar-refractivity contribution in [2.24, 2.45) is 0 Å². The highest BCUT2D eigenvalue weighted by atomic mass is 16.6.